The van der Waals surface area contributed by atoms with E-state index in [0.717, 1.165) is 5.56 Å². The summed E-state index contributed by atoms with van der Waals surface area (Å²) < 4.78 is 58.1. The van der Waals surface area contributed by atoms with E-state index in [9.17, 15) is 23.1 Å². The molecule has 0 unspecified atom stereocenters. The van der Waals surface area contributed by atoms with Gasteiger partial charge in [0.1, 0.15) is 17.1 Å². The third-order valence-electron chi connectivity index (χ3n) is 5.44. The van der Waals surface area contributed by atoms with E-state index in [1.54, 1.807) is 19.1 Å². The summed E-state index contributed by atoms with van der Waals surface area (Å²) in [7, 11) is 0. The second-order valence-corrected chi connectivity index (χ2v) is 8.40. The maximum Gasteiger partial charge on any atom is 0.453 e. The van der Waals surface area contributed by atoms with Gasteiger partial charge in [-0.3, -0.25) is 9.69 Å². The Kier molecular flexibility index (Phi) is 6.11. The van der Waals surface area contributed by atoms with Crippen molar-refractivity contribution in [2.75, 3.05) is 13.1 Å². The van der Waals surface area contributed by atoms with Gasteiger partial charge in [0.15, 0.2) is 0 Å². The van der Waals surface area contributed by atoms with Gasteiger partial charge >= 0.3 is 6.18 Å². The molecular formula is C24H24F3NO5. The lowest BCUT2D eigenvalue weighted by Crippen LogP contribution is -2.44. The van der Waals surface area contributed by atoms with Crippen LogP contribution in [-0.4, -0.2) is 35.3 Å². The number of hydrogen-bond acceptors (Lipinski definition) is 6. The largest absolute Gasteiger partial charge is 0.507 e. The first-order chi connectivity index (χ1) is 15.5. The number of phenols is 1. The molecule has 0 radical (unpaired) electrons. The molecule has 0 amide bonds. The highest BCUT2D eigenvalue weighted by Crippen LogP contribution is 2.40. The molecule has 1 aliphatic rings. The molecule has 1 N–H and O–H groups in total. The van der Waals surface area contributed by atoms with Gasteiger partial charge in [-0.1, -0.05) is 12.1 Å². The summed E-state index contributed by atoms with van der Waals surface area (Å²) in [6.07, 6.45) is -5.16. The number of nitrogens with zero attached hydrogens (tertiary/aromatic N) is 1. The van der Waals surface area contributed by atoms with Crippen molar-refractivity contribution >= 4 is 11.0 Å². The van der Waals surface area contributed by atoms with E-state index >= 15 is 0 Å². The second-order valence-electron chi connectivity index (χ2n) is 8.40. The minimum absolute atomic E-state index is 0.0852. The molecule has 6 nitrogen and oxygen atoms in total. The zero-order valence-corrected chi connectivity index (χ0v) is 18.4. The third-order valence-corrected chi connectivity index (χ3v) is 5.44. The standard InChI is InChI=1S/C24H24F3NO5/c1-13-5-4-6-16(9-13)32-22-20(30)17-7-8-19(29)18(21(17)33-23(22)24(25,26)27)12-28-10-14(2)31-15(3)11-28/h4-9,14-15,29H,10-12H2,1-3H3/t14-,15-/m1/s1. The molecule has 33 heavy (non-hydrogen) atoms. The topological polar surface area (TPSA) is 72.1 Å². The number of rotatable bonds is 4. The number of benzene rings is 2. The van der Waals surface area contributed by atoms with E-state index in [-0.39, 0.29) is 46.8 Å². The molecule has 2 atom stereocenters. The van der Waals surface area contributed by atoms with Crippen molar-refractivity contribution in [3.05, 3.63) is 63.5 Å². The Balaban J connectivity index is 1.85. The summed E-state index contributed by atoms with van der Waals surface area (Å²) in [5, 5.41) is 10.4. The quantitative estimate of drug-likeness (QED) is 0.572. The molecule has 0 aliphatic carbocycles. The maximum atomic E-state index is 13.9. The maximum absolute atomic E-state index is 13.9. The molecule has 0 spiro atoms. The van der Waals surface area contributed by atoms with Crippen LogP contribution < -0.4 is 10.2 Å². The third kappa shape index (κ3) is 4.84. The van der Waals surface area contributed by atoms with E-state index in [1.165, 1.54) is 24.3 Å². The summed E-state index contributed by atoms with van der Waals surface area (Å²) in [5.74, 6) is -2.65. The molecule has 1 aromatic heterocycles. The Morgan fingerprint density at radius 3 is 2.48 bits per heavy atom. The van der Waals surface area contributed by atoms with Gasteiger partial charge in [-0.05, 0) is 50.6 Å². The zero-order chi connectivity index (χ0) is 23.9. The van der Waals surface area contributed by atoms with Crippen LogP contribution >= 0.6 is 0 Å². The van der Waals surface area contributed by atoms with Crippen molar-refractivity contribution in [1.82, 2.24) is 4.90 Å². The summed E-state index contributed by atoms with van der Waals surface area (Å²) in [6, 6.07) is 8.87. The lowest BCUT2D eigenvalue weighted by Gasteiger charge is -2.35. The lowest BCUT2D eigenvalue weighted by atomic mass is 10.1. The van der Waals surface area contributed by atoms with Gasteiger partial charge in [0, 0.05) is 19.6 Å². The van der Waals surface area contributed by atoms with Crippen molar-refractivity contribution in [3.8, 4) is 17.2 Å². The number of fused-ring (bicyclic) bond motifs is 1. The first kappa shape index (κ1) is 23.1. The predicted molar refractivity (Wildman–Crippen MR) is 116 cm³/mol. The number of alkyl halides is 3. The first-order valence-corrected chi connectivity index (χ1v) is 10.5. The Bertz CT molecular complexity index is 1230. The summed E-state index contributed by atoms with van der Waals surface area (Å²) in [5.41, 5.74) is -0.406. The van der Waals surface area contributed by atoms with Gasteiger partial charge in [-0.15, -0.1) is 0 Å². The molecule has 3 aromatic rings. The number of aromatic hydroxyl groups is 1. The number of ether oxygens (including phenoxy) is 2. The van der Waals surface area contributed by atoms with Crippen LogP contribution in [0, 0.1) is 6.92 Å². The Morgan fingerprint density at radius 1 is 1.15 bits per heavy atom. The van der Waals surface area contributed by atoms with Crippen LogP contribution in [0.25, 0.3) is 11.0 Å². The van der Waals surface area contributed by atoms with Crippen LogP contribution in [0.2, 0.25) is 0 Å². The second kappa shape index (κ2) is 8.72. The van der Waals surface area contributed by atoms with Crippen molar-refractivity contribution in [3.63, 3.8) is 0 Å². The lowest BCUT2D eigenvalue weighted by molar-refractivity contribution is -0.154. The number of halogens is 3. The molecule has 1 fully saturated rings. The Labute approximate surface area is 188 Å². The van der Waals surface area contributed by atoms with Crippen molar-refractivity contribution < 1.29 is 32.2 Å². The van der Waals surface area contributed by atoms with Gasteiger partial charge in [0.25, 0.3) is 5.76 Å². The molecular weight excluding hydrogens is 439 g/mol. The number of phenolic OH excluding ortho intramolecular Hbond substituents is 1. The van der Waals surface area contributed by atoms with Crippen LogP contribution in [0.1, 0.15) is 30.7 Å². The monoisotopic (exact) mass is 463 g/mol. The van der Waals surface area contributed by atoms with Crippen molar-refractivity contribution in [2.24, 2.45) is 0 Å². The van der Waals surface area contributed by atoms with Crippen LogP contribution in [0.3, 0.4) is 0 Å². The average Bonchev–Trinajstić information content (AvgIpc) is 2.70. The van der Waals surface area contributed by atoms with E-state index in [2.05, 4.69) is 0 Å². The summed E-state index contributed by atoms with van der Waals surface area (Å²) in [6.45, 7) is 6.67. The normalized spacial score (nSPS) is 19.7. The molecule has 2 aromatic carbocycles. The van der Waals surface area contributed by atoms with Crippen LogP contribution in [0.15, 0.2) is 45.6 Å². The van der Waals surface area contributed by atoms with Gasteiger partial charge in [0.05, 0.1) is 23.2 Å². The molecule has 1 saturated heterocycles. The summed E-state index contributed by atoms with van der Waals surface area (Å²) >= 11 is 0. The van der Waals surface area contributed by atoms with E-state index in [4.69, 9.17) is 13.9 Å². The van der Waals surface area contributed by atoms with Crippen LogP contribution in [0.5, 0.6) is 17.2 Å². The minimum Gasteiger partial charge on any atom is -0.507 e. The molecule has 9 heteroatoms. The molecule has 0 bridgehead atoms. The van der Waals surface area contributed by atoms with Crippen molar-refractivity contribution in [1.29, 1.82) is 0 Å². The SMILES string of the molecule is Cc1cccc(Oc2c(C(F)(F)F)oc3c(CN4C[C@@H](C)O[C@H](C)C4)c(O)ccc3c2=O)c1. The van der Waals surface area contributed by atoms with Gasteiger partial charge < -0.3 is 19.0 Å². The Hall–Kier alpha value is -3.04. The van der Waals surface area contributed by atoms with E-state index < -0.39 is 23.1 Å². The first-order valence-electron chi connectivity index (χ1n) is 10.5. The molecule has 0 saturated carbocycles. The Morgan fingerprint density at radius 2 is 1.85 bits per heavy atom. The summed E-state index contributed by atoms with van der Waals surface area (Å²) in [4.78, 5) is 15.1. The molecule has 1 aliphatic heterocycles. The highest BCUT2D eigenvalue weighted by atomic mass is 19.4. The highest BCUT2D eigenvalue weighted by Gasteiger charge is 2.41. The molecule has 4 rings (SSSR count). The van der Waals surface area contributed by atoms with E-state index in [0.29, 0.717) is 13.1 Å². The highest BCUT2D eigenvalue weighted by molar-refractivity contribution is 5.83. The van der Waals surface area contributed by atoms with Crippen LogP contribution in [-0.2, 0) is 17.5 Å². The van der Waals surface area contributed by atoms with Gasteiger partial charge in [-0.25, -0.2) is 0 Å². The van der Waals surface area contributed by atoms with Gasteiger partial charge in [0.2, 0.25) is 11.2 Å². The van der Waals surface area contributed by atoms with Gasteiger partial charge in [-0.2, -0.15) is 13.2 Å². The fourth-order valence-electron chi connectivity index (χ4n) is 4.15. The van der Waals surface area contributed by atoms with Crippen LogP contribution in [0.4, 0.5) is 13.2 Å². The molecule has 2 heterocycles. The number of aryl methyl sites for hydroxylation is 1. The number of morpholine rings is 1. The van der Waals surface area contributed by atoms with E-state index in [1.807, 2.05) is 18.7 Å². The zero-order valence-electron chi connectivity index (χ0n) is 18.4. The minimum atomic E-state index is -4.99. The number of hydrogen-bond donors (Lipinski definition) is 1. The average molecular weight is 463 g/mol. The fourth-order valence-corrected chi connectivity index (χ4v) is 4.15. The smallest absolute Gasteiger partial charge is 0.453 e. The molecule has 176 valence electrons. The van der Waals surface area contributed by atoms with Crippen molar-refractivity contribution in [2.45, 2.75) is 45.7 Å². The predicted octanol–water partition coefficient (Wildman–Crippen LogP) is 5.23. The fraction of sp³-hybridized carbons (Fsp3) is 0.375.